The average Bonchev–Trinajstić information content (AvgIpc) is 3.28. The van der Waals surface area contributed by atoms with Crippen molar-refractivity contribution in [2.75, 3.05) is 19.6 Å². The maximum absolute atomic E-state index is 5.68. The molecule has 1 saturated heterocycles. The highest BCUT2D eigenvalue weighted by molar-refractivity contribution is 5.64. The van der Waals surface area contributed by atoms with Crippen LogP contribution in [0.3, 0.4) is 0 Å². The third-order valence-corrected chi connectivity index (χ3v) is 5.25. The van der Waals surface area contributed by atoms with E-state index in [0.29, 0.717) is 5.82 Å². The van der Waals surface area contributed by atoms with Crippen LogP contribution in [0, 0.1) is 6.92 Å². The zero-order valence-corrected chi connectivity index (χ0v) is 14.5. The van der Waals surface area contributed by atoms with Gasteiger partial charge in [-0.1, -0.05) is 12.1 Å². The molecular formula is C18H25N5O. The smallest absolute Gasteiger partial charge is 0.244 e. The lowest BCUT2D eigenvalue weighted by molar-refractivity contribution is 0.189. The zero-order valence-electron chi connectivity index (χ0n) is 14.5. The molecule has 128 valence electrons. The molecule has 1 fully saturated rings. The van der Waals surface area contributed by atoms with Crippen LogP contribution in [0.25, 0.3) is 11.4 Å². The number of aryl methyl sites for hydroxylation is 1. The Morgan fingerprint density at radius 3 is 2.96 bits per heavy atom. The van der Waals surface area contributed by atoms with E-state index in [1.165, 1.54) is 24.0 Å². The second kappa shape index (κ2) is 6.61. The van der Waals surface area contributed by atoms with Crippen molar-refractivity contribution in [2.45, 2.75) is 52.1 Å². The molecule has 0 bridgehead atoms. The maximum atomic E-state index is 5.68. The lowest BCUT2D eigenvalue weighted by Crippen LogP contribution is -2.25. The van der Waals surface area contributed by atoms with Gasteiger partial charge >= 0.3 is 0 Å². The Morgan fingerprint density at radius 1 is 1.33 bits per heavy atom. The second-order valence-corrected chi connectivity index (χ2v) is 6.77. The van der Waals surface area contributed by atoms with E-state index in [1.54, 1.807) is 0 Å². The monoisotopic (exact) mass is 327 g/mol. The van der Waals surface area contributed by atoms with E-state index in [-0.39, 0.29) is 6.04 Å². The topological polar surface area (TPSA) is 67.1 Å². The van der Waals surface area contributed by atoms with Crippen LogP contribution in [0.1, 0.15) is 54.9 Å². The van der Waals surface area contributed by atoms with Gasteiger partial charge in [-0.05, 0) is 63.4 Å². The van der Waals surface area contributed by atoms with Crippen LogP contribution in [-0.2, 0) is 13.0 Å². The molecule has 0 saturated carbocycles. The third-order valence-electron chi connectivity index (χ3n) is 5.25. The minimum absolute atomic E-state index is 0.239. The molecule has 1 atom stereocenters. The van der Waals surface area contributed by atoms with Gasteiger partial charge in [0, 0.05) is 24.0 Å². The van der Waals surface area contributed by atoms with Crippen molar-refractivity contribution in [3.63, 3.8) is 0 Å². The summed E-state index contributed by atoms with van der Waals surface area (Å²) in [5.41, 5.74) is 4.63. The maximum Gasteiger partial charge on any atom is 0.244 e. The molecule has 0 aliphatic carbocycles. The first-order valence-corrected chi connectivity index (χ1v) is 9.04. The summed E-state index contributed by atoms with van der Waals surface area (Å²) in [5.74, 6) is 1.45. The van der Waals surface area contributed by atoms with Gasteiger partial charge in [0.15, 0.2) is 0 Å². The Balaban J connectivity index is 1.70. The van der Waals surface area contributed by atoms with Crippen LogP contribution < -0.4 is 5.32 Å². The average molecular weight is 327 g/mol. The molecule has 24 heavy (non-hydrogen) atoms. The number of nitrogens with zero attached hydrogens (tertiary/aromatic N) is 4. The minimum Gasteiger partial charge on any atom is -0.337 e. The molecule has 2 aromatic rings. The number of likely N-dealkylation sites (tertiary alicyclic amines) is 1. The van der Waals surface area contributed by atoms with Crippen molar-refractivity contribution >= 4 is 0 Å². The van der Waals surface area contributed by atoms with Crippen LogP contribution in [0.15, 0.2) is 10.7 Å². The molecule has 0 aromatic carbocycles. The second-order valence-electron chi connectivity index (χ2n) is 6.77. The largest absolute Gasteiger partial charge is 0.337 e. The van der Waals surface area contributed by atoms with Gasteiger partial charge in [-0.2, -0.15) is 4.98 Å². The first-order chi connectivity index (χ1) is 11.8. The predicted octanol–water partition coefficient (Wildman–Crippen LogP) is 2.63. The van der Waals surface area contributed by atoms with Crippen LogP contribution in [-0.4, -0.2) is 39.7 Å². The van der Waals surface area contributed by atoms with E-state index in [2.05, 4.69) is 27.3 Å². The van der Waals surface area contributed by atoms with E-state index in [9.17, 15) is 0 Å². The molecule has 4 rings (SSSR count). The fraction of sp³-hybridized carbons (Fsp3) is 0.611. The van der Waals surface area contributed by atoms with Crippen molar-refractivity contribution < 1.29 is 4.52 Å². The van der Waals surface area contributed by atoms with E-state index in [0.717, 1.165) is 56.2 Å². The Hall–Kier alpha value is -1.79. The highest BCUT2D eigenvalue weighted by Crippen LogP contribution is 2.32. The van der Waals surface area contributed by atoms with Crippen LogP contribution in [0.2, 0.25) is 0 Å². The van der Waals surface area contributed by atoms with Crippen molar-refractivity contribution in [3.8, 4) is 11.4 Å². The number of rotatable bonds is 4. The number of hydrogen-bond donors (Lipinski definition) is 1. The molecule has 6 nitrogen and oxygen atoms in total. The molecule has 1 unspecified atom stereocenters. The summed E-state index contributed by atoms with van der Waals surface area (Å²) in [6.07, 6.45) is 6.48. The Kier molecular flexibility index (Phi) is 4.33. The van der Waals surface area contributed by atoms with Crippen molar-refractivity contribution in [2.24, 2.45) is 0 Å². The molecule has 4 heterocycles. The van der Waals surface area contributed by atoms with Crippen molar-refractivity contribution in [3.05, 3.63) is 28.9 Å². The van der Waals surface area contributed by atoms with Gasteiger partial charge in [0.05, 0.1) is 6.04 Å². The summed E-state index contributed by atoms with van der Waals surface area (Å²) in [4.78, 5) is 11.8. The van der Waals surface area contributed by atoms with Crippen molar-refractivity contribution in [1.29, 1.82) is 0 Å². The predicted molar refractivity (Wildman–Crippen MR) is 91.5 cm³/mol. The number of nitrogens with one attached hydrogen (secondary N) is 1. The van der Waals surface area contributed by atoms with E-state index >= 15 is 0 Å². The molecule has 0 amide bonds. The van der Waals surface area contributed by atoms with Crippen LogP contribution in [0.5, 0.6) is 0 Å². The highest BCUT2D eigenvalue weighted by Gasteiger charge is 2.28. The quantitative estimate of drug-likeness (QED) is 0.931. The molecule has 2 aliphatic rings. The van der Waals surface area contributed by atoms with Gasteiger partial charge in [0.25, 0.3) is 0 Å². The number of fused-ring (bicyclic) bond motifs is 1. The van der Waals surface area contributed by atoms with Crippen LogP contribution in [0.4, 0.5) is 0 Å². The Morgan fingerprint density at radius 2 is 2.17 bits per heavy atom. The number of hydrogen-bond acceptors (Lipinski definition) is 6. The number of pyridine rings is 1. The zero-order chi connectivity index (χ0) is 16.5. The summed E-state index contributed by atoms with van der Waals surface area (Å²) in [5, 5.41) is 7.72. The fourth-order valence-corrected chi connectivity index (χ4v) is 3.98. The normalized spacial score (nSPS) is 19.4. The molecule has 2 aromatic heterocycles. The lowest BCUT2D eigenvalue weighted by atomic mass is 9.95. The van der Waals surface area contributed by atoms with E-state index in [4.69, 9.17) is 9.51 Å². The fourth-order valence-electron chi connectivity index (χ4n) is 3.98. The lowest BCUT2D eigenvalue weighted by Gasteiger charge is -2.22. The molecule has 0 radical (unpaired) electrons. The number of aromatic nitrogens is 3. The molecule has 1 N–H and O–H groups in total. The van der Waals surface area contributed by atoms with Gasteiger partial charge in [-0.3, -0.25) is 9.88 Å². The summed E-state index contributed by atoms with van der Waals surface area (Å²) < 4.78 is 5.68. The molecule has 0 spiro atoms. The van der Waals surface area contributed by atoms with Gasteiger partial charge in [0.2, 0.25) is 11.7 Å². The van der Waals surface area contributed by atoms with Crippen LogP contribution >= 0.6 is 0 Å². The van der Waals surface area contributed by atoms with Crippen molar-refractivity contribution in [1.82, 2.24) is 25.3 Å². The standard InChI is InChI=1S/C18H25N5O/c1-3-15(23-8-4-5-9-23)18-21-17(22-24-18)16-12(2)20-11-13-10-19-7-6-14(13)16/h11,15,19H,3-10H2,1-2H3. The first-order valence-electron chi connectivity index (χ1n) is 9.04. The SMILES string of the molecule is CCC(c1nc(-c2c(C)ncc3c2CCNC3)no1)N1CCCC1. The van der Waals surface area contributed by atoms with Gasteiger partial charge in [0.1, 0.15) is 0 Å². The minimum atomic E-state index is 0.239. The molecule has 2 aliphatic heterocycles. The first kappa shape index (κ1) is 15.7. The summed E-state index contributed by atoms with van der Waals surface area (Å²) in [6.45, 7) is 8.33. The van der Waals surface area contributed by atoms with E-state index in [1.807, 2.05) is 13.1 Å². The summed E-state index contributed by atoms with van der Waals surface area (Å²) in [7, 11) is 0. The third kappa shape index (κ3) is 2.74. The summed E-state index contributed by atoms with van der Waals surface area (Å²) >= 11 is 0. The Labute approximate surface area is 142 Å². The molecule has 6 heteroatoms. The van der Waals surface area contributed by atoms with E-state index < -0.39 is 0 Å². The highest BCUT2D eigenvalue weighted by atomic mass is 16.5. The molecular weight excluding hydrogens is 302 g/mol. The van der Waals surface area contributed by atoms with Gasteiger partial charge < -0.3 is 9.84 Å². The Bertz CT molecular complexity index is 720. The van der Waals surface area contributed by atoms with Gasteiger partial charge in [-0.15, -0.1) is 0 Å². The summed E-state index contributed by atoms with van der Waals surface area (Å²) in [6, 6.07) is 0.239. The van der Waals surface area contributed by atoms with Gasteiger partial charge in [-0.25, -0.2) is 0 Å².